The third-order valence-corrected chi connectivity index (χ3v) is 5.98. The Bertz CT molecular complexity index is 880. The fraction of sp³-hybridized carbons (Fsp3) is 0.545. The first-order valence-corrected chi connectivity index (χ1v) is 10.5. The lowest BCUT2D eigenvalue weighted by Gasteiger charge is -2.24. The minimum atomic E-state index is -0.613. The Morgan fingerprint density at radius 1 is 1.38 bits per heavy atom. The SMILES string of the molecule is CC(C)Cn1cc(-c2ccc(C[C@@H](N)NC(=O)[C@H]3N[C@@H]4CC[C@H]3C4)c(F)c2)cn1. The lowest BCUT2D eigenvalue weighted by Crippen LogP contribution is -2.53. The lowest BCUT2D eigenvalue weighted by atomic mass is 9.99. The van der Waals surface area contributed by atoms with Gasteiger partial charge in [-0.3, -0.25) is 9.48 Å². The van der Waals surface area contributed by atoms with E-state index >= 15 is 0 Å². The topological polar surface area (TPSA) is 85.0 Å². The van der Waals surface area contributed by atoms with Crippen LogP contribution in [0.1, 0.15) is 38.7 Å². The molecule has 4 rings (SSSR count). The number of amides is 1. The molecule has 7 heteroatoms. The van der Waals surface area contributed by atoms with Crippen molar-refractivity contribution in [2.45, 2.75) is 64.3 Å². The van der Waals surface area contributed by atoms with Crippen molar-refractivity contribution in [3.63, 3.8) is 0 Å². The number of carbonyl (C=O) groups is 1. The number of nitrogens with one attached hydrogen (secondary N) is 2. The fourth-order valence-electron chi connectivity index (χ4n) is 4.59. The van der Waals surface area contributed by atoms with Gasteiger partial charge < -0.3 is 16.4 Å². The molecule has 4 N–H and O–H groups in total. The van der Waals surface area contributed by atoms with Crippen molar-refractivity contribution < 1.29 is 9.18 Å². The molecule has 1 aliphatic heterocycles. The van der Waals surface area contributed by atoms with Crippen molar-refractivity contribution in [3.8, 4) is 11.1 Å². The van der Waals surface area contributed by atoms with Gasteiger partial charge in [0.05, 0.1) is 18.4 Å². The van der Waals surface area contributed by atoms with Gasteiger partial charge in [0.25, 0.3) is 0 Å². The zero-order valence-electron chi connectivity index (χ0n) is 17.1. The zero-order chi connectivity index (χ0) is 20.5. The largest absolute Gasteiger partial charge is 0.339 e. The summed E-state index contributed by atoms with van der Waals surface area (Å²) in [6.45, 7) is 5.09. The predicted octanol–water partition coefficient (Wildman–Crippen LogP) is 2.43. The van der Waals surface area contributed by atoms with E-state index in [4.69, 9.17) is 5.73 Å². The maximum atomic E-state index is 14.7. The van der Waals surface area contributed by atoms with Gasteiger partial charge in [0.1, 0.15) is 5.82 Å². The molecule has 0 unspecified atom stereocenters. The third-order valence-electron chi connectivity index (χ3n) is 5.98. The standard InChI is InChI=1S/C22H30FN5O/c1-13(2)11-28-12-17(10-25-28)14-3-4-15(19(23)8-14)9-20(24)27-22(29)21-16-5-6-18(7-16)26-21/h3-4,8,10,12-13,16,18,20-21,26H,5-7,9,11,24H2,1-2H3,(H,27,29)/t16-,18+,20-,21-/m0/s1. The molecule has 4 atom stereocenters. The average Bonchev–Trinajstić information content (AvgIpc) is 3.39. The first kappa shape index (κ1) is 20.0. The lowest BCUT2D eigenvalue weighted by molar-refractivity contribution is -0.124. The van der Waals surface area contributed by atoms with E-state index in [0.29, 0.717) is 23.4 Å². The Morgan fingerprint density at radius 3 is 2.86 bits per heavy atom. The molecule has 0 spiro atoms. The summed E-state index contributed by atoms with van der Waals surface area (Å²) in [5, 5.41) is 10.5. The highest BCUT2D eigenvalue weighted by Crippen LogP contribution is 2.35. The Labute approximate surface area is 171 Å². The van der Waals surface area contributed by atoms with Crippen LogP contribution in [-0.2, 0) is 17.8 Å². The highest BCUT2D eigenvalue weighted by Gasteiger charge is 2.42. The Balaban J connectivity index is 1.36. The minimum Gasteiger partial charge on any atom is -0.339 e. The summed E-state index contributed by atoms with van der Waals surface area (Å²) in [4.78, 5) is 12.5. The first-order chi connectivity index (χ1) is 13.9. The molecular formula is C22H30FN5O. The van der Waals surface area contributed by atoms with Crippen LogP contribution in [0.4, 0.5) is 4.39 Å². The molecule has 1 aromatic carbocycles. The van der Waals surface area contributed by atoms with E-state index in [2.05, 4.69) is 29.6 Å². The van der Waals surface area contributed by atoms with E-state index in [1.165, 1.54) is 6.07 Å². The van der Waals surface area contributed by atoms with E-state index in [0.717, 1.165) is 36.9 Å². The van der Waals surface area contributed by atoms with Gasteiger partial charge in [0.15, 0.2) is 0 Å². The fourth-order valence-corrected chi connectivity index (χ4v) is 4.59. The van der Waals surface area contributed by atoms with Crippen LogP contribution in [0.5, 0.6) is 0 Å². The second kappa shape index (κ2) is 8.24. The highest BCUT2D eigenvalue weighted by molar-refractivity contribution is 5.83. The molecule has 156 valence electrons. The molecule has 2 fully saturated rings. The van der Waals surface area contributed by atoms with Crippen molar-refractivity contribution >= 4 is 5.91 Å². The van der Waals surface area contributed by atoms with Crippen LogP contribution in [0.3, 0.4) is 0 Å². The molecule has 1 saturated heterocycles. The molecule has 1 aromatic heterocycles. The Kier molecular flexibility index (Phi) is 5.69. The van der Waals surface area contributed by atoms with Gasteiger partial charge in [-0.2, -0.15) is 5.10 Å². The normalized spacial score (nSPS) is 24.2. The number of aromatic nitrogens is 2. The van der Waals surface area contributed by atoms with Crippen molar-refractivity contribution in [2.75, 3.05) is 0 Å². The van der Waals surface area contributed by atoms with Gasteiger partial charge in [-0.25, -0.2) is 4.39 Å². The van der Waals surface area contributed by atoms with Gasteiger partial charge >= 0.3 is 0 Å². The number of hydrogen-bond donors (Lipinski definition) is 3. The Hall–Kier alpha value is -2.25. The van der Waals surface area contributed by atoms with Crippen LogP contribution in [0.2, 0.25) is 0 Å². The number of benzene rings is 1. The molecular weight excluding hydrogens is 369 g/mol. The van der Waals surface area contributed by atoms with Crippen molar-refractivity contribution in [3.05, 3.63) is 42.0 Å². The molecule has 1 amide bonds. The predicted molar refractivity (Wildman–Crippen MR) is 110 cm³/mol. The van der Waals surface area contributed by atoms with Crippen LogP contribution in [0.25, 0.3) is 11.1 Å². The smallest absolute Gasteiger partial charge is 0.238 e. The van der Waals surface area contributed by atoms with E-state index < -0.39 is 6.17 Å². The molecule has 2 bridgehead atoms. The van der Waals surface area contributed by atoms with Gasteiger partial charge in [0, 0.05) is 30.8 Å². The molecule has 1 aliphatic carbocycles. The highest BCUT2D eigenvalue weighted by atomic mass is 19.1. The summed E-state index contributed by atoms with van der Waals surface area (Å²) in [5.74, 6) is 0.508. The van der Waals surface area contributed by atoms with Crippen molar-refractivity contribution in [1.82, 2.24) is 20.4 Å². The molecule has 1 saturated carbocycles. The summed E-state index contributed by atoms with van der Waals surface area (Å²) in [6, 6.07) is 5.43. The van der Waals surface area contributed by atoms with Crippen LogP contribution < -0.4 is 16.4 Å². The number of nitrogens with zero attached hydrogens (tertiary/aromatic N) is 2. The van der Waals surface area contributed by atoms with Gasteiger partial charge in [-0.15, -0.1) is 0 Å². The van der Waals surface area contributed by atoms with Gasteiger partial charge in [-0.1, -0.05) is 26.0 Å². The quantitative estimate of drug-likeness (QED) is 0.625. The van der Waals surface area contributed by atoms with Crippen LogP contribution in [0.15, 0.2) is 30.6 Å². The summed E-state index contributed by atoms with van der Waals surface area (Å²) in [5.41, 5.74) is 8.27. The van der Waals surface area contributed by atoms with Gasteiger partial charge in [0.2, 0.25) is 5.91 Å². The zero-order valence-corrected chi connectivity index (χ0v) is 17.1. The van der Waals surface area contributed by atoms with Crippen molar-refractivity contribution in [2.24, 2.45) is 17.6 Å². The molecule has 2 aliphatic rings. The van der Waals surface area contributed by atoms with Crippen LogP contribution in [0, 0.1) is 17.7 Å². The number of fused-ring (bicyclic) bond motifs is 2. The molecule has 6 nitrogen and oxygen atoms in total. The molecule has 2 heterocycles. The molecule has 2 aromatic rings. The average molecular weight is 400 g/mol. The number of hydrogen-bond acceptors (Lipinski definition) is 4. The Morgan fingerprint density at radius 2 is 2.21 bits per heavy atom. The summed E-state index contributed by atoms with van der Waals surface area (Å²) < 4.78 is 16.5. The van der Waals surface area contributed by atoms with E-state index in [9.17, 15) is 9.18 Å². The number of halogens is 1. The van der Waals surface area contributed by atoms with Crippen LogP contribution in [-0.4, -0.2) is 33.9 Å². The summed E-state index contributed by atoms with van der Waals surface area (Å²) >= 11 is 0. The molecule has 29 heavy (non-hydrogen) atoms. The van der Waals surface area contributed by atoms with Crippen LogP contribution >= 0.6 is 0 Å². The van der Waals surface area contributed by atoms with E-state index in [1.54, 1.807) is 12.3 Å². The van der Waals surface area contributed by atoms with Gasteiger partial charge in [-0.05, 0) is 48.3 Å². The second-order valence-corrected chi connectivity index (χ2v) is 8.88. The summed E-state index contributed by atoms with van der Waals surface area (Å²) in [7, 11) is 0. The third kappa shape index (κ3) is 4.51. The van der Waals surface area contributed by atoms with Crippen molar-refractivity contribution in [1.29, 1.82) is 0 Å². The maximum absolute atomic E-state index is 14.7. The maximum Gasteiger partial charge on any atom is 0.238 e. The number of rotatable bonds is 7. The van der Waals surface area contributed by atoms with E-state index in [-0.39, 0.29) is 24.2 Å². The molecule has 0 radical (unpaired) electrons. The van der Waals surface area contributed by atoms with E-state index in [1.807, 2.05) is 16.9 Å². The number of piperidine rings is 1. The minimum absolute atomic E-state index is 0.0701. The number of nitrogens with two attached hydrogens (primary N) is 1. The monoisotopic (exact) mass is 399 g/mol. The second-order valence-electron chi connectivity index (χ2n) is 8.88. The number of carbonyl (C=O) groups excluding carboxylic acids is 1. The first-order valence-electron chi connectivity index (χ1n) is 10.5. The summed E-state index contributed by atoms with van der Waals surface area (Å²) in [6.07, 6.45) is 6.64.